The number of nitrogen functional groups attached to an aromatic ring is 1. The van der Waals surface area contributed by atoms with Crippen LogP contribution in [0.25, 0.3) is 22.0 Å². The number of esters is 1. The molecule has 1 aliphatic rings. The van der Waals surface area contributed by atoms with Crippen LogP contribution in [0.15, 0.2) is 54.6 Å². The van der Waals surface area contributed by atoms with Crippen LogP contribution in [0.3, 0.4) is 0 Å². The predicted molar refractivity (Wildman–Crippen MR) is 145 cm³/mol. The minimum Gasteiger partial charge on any atom is -0.461 e. The molecule has 0 atom stereocenters. The number of rotatable bonds is 7. The lowest BCUT2D eigenvalue weighted by molar-refractivity contribution is -0.145. The van der Waals surface area contributed by atoms with E-state index in [1.807, 2.05) is 24.3 Å². The fourth-order valence-electron chi connectivity index (χ4n) is 4.56. The van der Waals surface area contributed by atoms with Gasteiger partial charge in [-0.05, 0) is 59.5 Å². The minimum absolute atomic E-state index is 0. The third kappa shape index (κ3) is 5.81. The Hall–Kier alpha value is -4.15. The van der Waals surface area contributed by atoms with E-state index in [1.54, 1.807) is 23.1 Å². The lowest BCUT2D eigenvalue weighted by Crippen LogP contribution is -2.27. The van der Waals surface area contributed by atoms with E-state index in [2.05, 4.69) is 9.97 Å². The van der Waals surface area contributed by atoms with Crippen LogP contribution < -0.4 is 11.5 Å². The van der Waals surface area contributed by atoms with Crippen LogP contribution >= 0.6 is 12.4 Å². The molecule has 0 bridgehead atoms. The summed E-state index contributed by atoms with van der Waals surface area (Å²) in [6.07, 6.45) is 0.576. The second-order valence-corrected chi connectivity index (χ2v) is 9.07. The number of nitrogens with zero attached hydrogens (tertiary/aromatic N) is 3. The third-order valence-electron chi connectivity index (χ3n) is 6.47. The number of aromatic nitrogens is 2. The molecular formula is C28H26ClF2N5O3. The highest BCUT2D eigenvalue weighted by Gasteiger charge is 2.27. The van der Waals surface area contributed by atoms with Gasteiger partial charge in [0.25, 0.3) is 5.91 Å². The van der Waals surface area contributed by atoms with Crippen molar-refractivity contribution in [3.8, 4) is 11.1 Å². The molecule has 3 aromatic carbocycles. The summed E-state index contributed by atoms with van der Waals surface area (Å²) >= 11 is 0. The summed E-state index contributed by atoms with van der Waals surface area (Å²) in [5.41, 5.74) is 15.0. The first-order chi connectivity index (χ1) is 18.3. The number of halogens is 3. The molecule has 0 radical (unpaired) electrons. The number of benzene rings is 3. The van der Waals surface area contributed by atoms with E-state index in [0.29, 0.717) is 48.1 Å². The van der Waals surface area contributed by atoms with Crippen molar-refractivity contribution in [2.75, 3.05) is 12.3 Å². The fourth-order valence-corrected chi connectivity index (χ4v) is 4.56. The zero-order valence-electron chi connectivity index (χ0n) is 20.8. The van der Waals surface area contributed by atoms with Crippen LogP contribution in [0, 0.1) is 11.6 Å². The lowest BCUT2D eigenvalue weighted by atomic mass is 9.97. The number of fused-ring (bicyclic) bond motifs is 2. The van der Waals surface area contributed by atoms with Crippen LogP contribution in [0.2, 0.25) is 0 Å². The fraction of sp³-hybridized carbons (Fsp3) is 0.214. The molecule has 4 N–H and O–H groups in total. The van der Waals surface area contributed by atoms with Crippen molar-refractivity contribution >= 4 is 41.1 Å². The summed E-state index contributed by atoms with van der Waals surface area (Å²) in [7, 11) is 0. The molecule has 11 heteroatoms. The minimum atomic E-state index is -1.07. The zero-order chi connectivity index (χ0) is 26.8. The molecule has 39 heavy (non-hydrogen) atoms. The molecule has 0 spiro atoms. The second-order valence-electron chi connectivity index (χ2n) is 9.07. The van der Waals surface area contributed by atoms with E-state index in [1.165, 1.54) is 0 Å². The Labute approximate surface area is 229 Å². The van der Waals surface area contributed by atoms with E-state index in [4.69, 9.17) is 16.2 Å². The monoisotopic (exact) mass is 553 g/mol. The van der Waals surface area contributed by atoms with Crippen LogP contribution in [0.1, 0.15) is 40.0 Å². The number of hydrogen-bond acceptors (Lipinski definition) is 7. The summed E-state index contributed by atoms with van der Waals surface area (Å²) in [4.78, 5) is 35.7. The molecule has 2 heterocycles. The molecule has 202 valence electrons. The van der Waals surface area contributed by atoms with Gasteiger partial charge < -0.3 is 21.1 Å². The Bertz CT molecular complexity index is 1540. The Morgan fingerprint density at radius 1 is 0.974 bits per heavy atom. The van der Waals surface area contributed by atoms with Crippen molar-refractivity contribution in [2.24, 2.45) is 5.73 Å². The van der Waals surface area contributed by atoms with Crippen molar-refractivity contribution in [2.45, 2.75) is 32.5 Å². The summed E-state index contributed by atoms with van der Waals surface area (Å²) in [5.74, 6) is -2.99. The van der Waals surface area contributed by atoms with Gasteiger partial charge in [-0.3, -0.25) is 9.59 Å². The summed E-state index contributed by atoms with van der Waals surface area (Å²) < 4.78 is 33.7. The van der Waals surface area contributed by atoms with E-state index >= 15 is 0 Å². The van der Waals surface area contributed by atoms with E-state index in [-0.39, 0.29) is 48.5 Å². The van der Waals surface area contributed by atoms with Gasteiger partial charge in [0.1, 0.15) is 12.3 Å². The molecule has 1 amide bonds. The van der Waals surface area contributed by atoms with Gasteiger partial charge in [0.2, 0.25) is 5.95 Å². The summed E-state index contributed by atoms with van der Waals surface area (Å²) in [5, 5.41) is 0.410. The molecule has 5 rings (SSSR count). The average molecular weight is 554 g/mol. The Balaban J connectivity index is 0.00000353. The molecule has 4 aromatic rings. The Morgan fingerprint density at radius 2 is 1.67 bits per heavy atom. The van der Waals surface area contributed by atoms with E-state index in [9.17, 15) is 18.4 Å². The largest absolute Gasteiger partial charge is 0.461 e. The summed E-state index contributed by atoms with van der Waals surface area (Å²) in [6.45, 7) is 0.940. The van der Waals surface area contributed by atoms with Crippen LogP contribution in [0.5, 0.6) is 0 Å². The first kappa shape index (κ1) is 27.9. The van der Waals surface area contributed by atoms with Gasteiger partial charge in [-0.2, -0.15) is 0 Å². The topological polar surface area (TPSA) is 124 Å². The van der Waals surface area contributed by atoms with Crippen molar-refractivity contribution < 1.29 is 23.1 Å². The van der Waals surface area contributed by atoms with Gasteiger partial charge in [-0.1, -0.05) is 30.3 Å². The molecule has 1 aromatic heterocycles. The molecule has 0 unspecified atom stereocenters. The lowest BCUT2D eigenvalue weighted by Gasteiger charge is -2.17. The maximum Gasteiger partial charge on any atom is 0.306 e. The molecule has 1 aliphatic heterocycles. The van der Waals surface area contributed by atoms with Gasteiger partial charge in [-0.25, -0.2) is 18.7 Å². The van der Waals surface area contributed by atoms with Crippen molar-refractivity contribution in [1.82, 2.24) is 14.9 Å². The van der Waals surface area contributed by atoms with Gasteiger partial charge in [0, 0.05) is 30.5 Å². The third-order valence-corrected chi connectivity index (χ3v) is 6.47. The second kappa shape index (κ2) is 11.7. The molecular weight excluding hydrogens is 528 g/mol. The number of ether oxygens (including phenoxy) is 1. The van der Waals surface area contributed by atoms with Crippen LogP contribution in [-0.4, -0.2) is 33.3 Å². The Kier molecular flexibility index (Phi) is 8.37. The number of amides is 1. The van der Waals surface area contributed by atoms with Crippen molar-refractivity contribution in [3.63, 3.8) is 0 Å². The average Bonchev–Trinajstić information content (AvgIpc) is 3.35. The van der Waals surface area contributed by atoms with Gasteiger partial charge in [0.15, 0.2) is 11.6 Å². The first-order valence-corrected chi connectivity index (χ1v) is 12.1. The molecule has 0 saturated carbocycles. The molecule has 0 aliphatic carbocycles. The van der Waals surface area contributed by atoms with Gasteiger partial charge in [0.05, 0.1) is 5.52 Å². The summed E-state index contributed by atoms with van der Waals surface area (Å²) in [6, 6.07) is 14.8. The Morgan fingerprint density at radius 3 is 2.36 bits per heavy atom. The number of hydrogen-bond donors (Lipinski definition) is 2. The predicted octanol–water partition coefficient (Wildman–Crippen LogP) is 4.52. The first-order valence-electron chi connectivity index (χ1n) is 12.1. The highest BCUT2D eigenvalue weighted by molar-refractivity contribution is 6.06. The van der Waals surface area contributed by atoms with E-state index < -0.39 is 17.6 Å². The number of carbonyl (C=O) groups is 2. The molecule has 0 fully saturated rings. The standard InChI is InChI=1S/C28H25F2N5O3.ClH/c29-22-11-19(15-38-25(36)6-3-9-31)20(12-23(22)30)16-7-8-24-21(10-16)26(34-28(32)33-24)27(37)35-13-17-4-1-2-5-18(17)14-35;/h1-2,4-5,7-8,10-12H,3,6,9,13-15,31H2,(H2,32,33,34);1H. The number of carbonyl (C=O) groups excluding carboxylic acids is 2. The maximum atomic E-state index is 14.3. The number of anilines is 1. The maximum absolute atomic E-state index is 14.3. The quantitative estimate of drug-likeness (QED) is 0.322. The SMILES string of the molecule is Cl.NCCCC(=O)OCc1cc(F)c(F)cc1-c1ccc2nc(N)nc(C(=O)N3Cc4ccccc4C3)c2c1. The highest BCUT2D eigenvalue weighted by Crippen LogP contribution is 2.32. The zero-order valence-corrected chi connectivity index (χ0v) is 21.6. The van der Waals surface area contributed by atoms with Crippen molar-refractivity contribution in [3.05, 3.63) is 88.6 Å². The van der Waals surface area contributed by atoms with Crippen LogP contribution in [0.4, 0.5) is 14.7 Å². The molecule has 0 saturated heterocycles. The normalized spacial score (nSPS) is 12.2. The highest BCUT2D eigenvalue weighted by atomic mass is 35.5. The van der Waals surface area contributed by atoms with Crippen molar-refractivity contribution in [1.29, 1.82) is 0 Å². The van der Waals surface area contributed by atoms with E-state index in [0.717, 1.165) is 23.3 Å². The van der Waals surface area contributed by atoms with Gasteiger partial charge in [-0.15, -0.1) is 12.4 Å². The smallest absolute Gasteiger partial charge is 0.306 e. The van der Waals surface area contributed by atoms with Gasteiger partial charge >= 0.3 is 5.97 Å². The number of nitrogens with two attached hydrogens (primary N) is 2. The van der Waals surface area contributed by atoms with Crippen LogP contribution in [-0.2, 0) is 29.2 Å². The molecule has 8 nitrogen and oxygen atoms in total.